The van der Waals surface area contributed by atoms with Gasteiger partial charge in [0.05, 0.1) is 4.83 Å². The molecule has 1 aromatic rings. The summed E-state index contributed by atoms with van der Waals surface area (Å²) in [4.78, 5) is 11.4. The van der Waals surface area contributed by atoms with E-state index >= 15 is 0 Å². The normalized spacial score (nSPS) is 12.8. The van der Waals surface area contributed by atoms with Crippen molar-refractivity contribution in [2.24, 2.45) is 5.92 Å². The second kappa shape index (κ2) is 6.30. The number of carbonyl (C=O) groups excluding carboxylic acids is 1. The maximum atomic E-state index is 11.6. The molecule has 1 heterocycles. The van der Waals surface area contributed by atoms with Crippen LogP contribution in [0.25, 0.3) is 0 Å². The average molecular weight is 306 g/mol. The third-order valence-corrected chi connectivity index (χ3v) is 3.85. The van der Waals surface area contributed by atoms with Gasteiger partial charge in [-0.15, -0.1) is 10.2 Å². The topological polar surface area (TPSA) is 54.9 Å². The first-order valence-corrected chi connectivity index (χ1v) is 7.03. The Morgan fingerprint density at radius 2 is 2.19 bits per heavy atom. The summed E-state index contributed by atoms with van der Waals surface area (Å²) < 4.78 is 0. The van der Waals surface area contributed by atoms with E-state index in [9.17, 15) is 4.79 Å². The van der Waals surface area contributed by atoms with Crippen LogP contribution in [0.2, 0.25) is 0 Å². The summed E-state index contributed by atoms with van der Waals surface area (Å²) in [7, 11) is 0. The molecule has 6 heteroatoms. The Morgan fingerprint density at radius 3 is 2.75 bits per heavy atom. The third kappa shape index (κ3) is 4.17. The fourth-order valence-electron chi connectivity index (χ4n) is 1.10. The lowest BCUT2D eigenvalue weighted by Crippen LogP contribution is -2.21. The van der Waals surface area contributed by atoms with Crippen LogP contribution in [0.4, 0.5) is 5.13 Å². The molecule has 4 nitrogen and oxygen atoms in total. The number of rotatable bonds is 5. The van der Waals surface area contributed by atoms with E-state index in [-0.39, 0.29) is 10.7 Å². The van der Waals surface area contributed by atoms with Gasteiger partial charge >= 0.3 is 0 Å². The largest absolute Gasteiger partial charge is 0.300 e. The van der Waals surface area contributed by atoms with Crippen LogP contribution in [0.1, 0.15) is 32.2 Å². The van der Waals surface area contributed by atoms with Gasteiger partial charge in [0.25, 0.3) is 0 Å². The zero-order chi connectivity index (χ0) is 12.1. The van der Waals surface area contributed by atoms with E-state index in [0.29, 0.717) is 11.0 Å². The zero-order valence-corrected chi connectivity index (χ0v) is 12.1. The van der Waals surface area contributed by atoms with E-state index in [2.05, 4.69) is 45.3 Å². The molecule has 1 aromatic heterocycles. The van der Waals surface area contributed by atoms with Crippen molar-refractivity contribution in [3.8, 4) is 0 Å². The van der Waals surface area contributed by atoms with E-state index in [1.165, 1.54) is 11.3 Å². The van der Waals surface area contributed by atoms with Gasteiger partial charge in [-0.2, -0.15) is 0 Å². The Kier molecular flexibility index (Phi) is 5.34. The van der Waals surface area contributed by atoms with Crippen molar-refractivity contribution in [3.05, 3.63) is 5.01 Å². The number of anilines is 1. The minimum atomic E-state index is -0.162. The zero-order valence-electron chi connectivity index (χ0n) is 9.66. The van der Waals surface area contributed by atoms with Crippen molar-refractivity contribution in [3.63, 3.8) is 0 Å². The molecule has 0 aromatic carbocycles. The number of carbonyl (C=O) groups is 1. The summed E-state index contributed by atoms with van der Waals surface area (Å²) in [6.45, 7) is 6.21. The number of aromatic nitrogens is 2. The van der Waals surface area contributed by atoms with Crippen molar-refractivity contribution in [1.82, 2.24) is 10.2 Å². The van der Waals surface area contributed by atoms with Crippen molar-refractivity contribution in [2.45, 2.75) is 38.4 Å². The average Bonchev–Trinajstić information content (AvgIpc) is 2.63. The van der Waals surface area contributed by atoms with E-state index in [1.54, 1.807) is 0 Å². The SMILES string of the molecule is CC[C@H](Br)C(=O)Nc1nnc(CC(C)C)s1. The molecule has 1 amide bonds. The predicted octanol–water partition coefficient (Wildman–Crippen LogP) is 2.85. The summed E-state index contributed by atoms with van der Waals surface area (Å²) in [5, 5.41) is 12.3. The first-order chi connectivity index (χ1) is 7.52. The molecule has 0 aliphatic carbocycles. The maximum Gasteiger partial charge on any atom is 0.239 e. The number of nitrogens with one attached hydrogen (secondary N) is 1. The highest BCUT2D eigenvalue weighted by molar-refractivity contribution is 9.10. The molecular formula is C10H16BrN3OS. The van der Waals surface area contributed by atoms with Gasteiger partial charge in [0.1, 0.15) is 5.01 Å². The van der Waals surface area contributed by atoms with Gasteiger partial charge in [-0.25, -0.2) is 0 Å². The summed E-state index contributed by atoms with van der Waals surface area (Å²) in [6.07, 6.45) is 1.66. The Morgan fingerprint density at radius 1 is 1.50 bits per heavy atom. The molecule has 0 aliphatic rings. The second-order valence-electron chi connectivity index (χ2n) is 3.96. The van der Waals surface area contributed by atoms with E-state index < -0.39 is 0 Å². The lowest BCUT2D eigenvalue weighted by atomic mass is 10.1. The summed E-state index contributed by atoms with van der Waals surface area (Å²) in [5.41, 5.74) is 0. The lowest BCUT2D eigenvalue weighted by Gasteiger charge is -2.04. The Balaban J connectivity index is 2.55. The van der Waals surface area contributed by atoms with Crippen LogP contribution in [0, 0.1) is 5.92 Å². The molecule has 1 atom stereocenters. The molecule has 0 saturated carbocycles. The maximum absolute atomic E-state index is 11.6. The first-order valence-electron chi connectivity index (χ1n) is 5.30. The van der Waals surface area contributed by atoms with Gasteiger partial charge in [-0.1, -0.05) is 48.0 Å². The van der Waals surface area contributed by atoms with Crippen molar-refractivity contribution < 1.29 is 4.79 Å². The van der Waals surface area contributed by atoms with Crippen molar-refractivity contribution >= 4 is 38.3 Å². The highest BCUT2D eigenvalue weighted by atomic mass is 79.9. The number of alkyl halides is 1. The van der Waals surface area contributed by atoms with Crippen molar-refractivity contribution in [2.75, 3.05) is 5.32 Å². The number of amides is 1. The molecule has 0 radical (unpaired) electrons. The Labute approximate surface area is 108 Å². The predicted molar refractivity (Wildman–Crippen MR) is 70.1 cm³/mol. The van der Waals surface area contributed by atoms with Gasteiger partial charge in [0.15, 0.2) is 0 Å². The standard InChI is InChI=1S/C10H16BrN3OS/c1-4-7(11)9(15)12-10-14-13-8(16-10)5-6(2)3/h6-7H,4-5H2,1-3H3,(H,12,14,15)/t7-/m0/s1. The summed E-state index contributed by atoms with van der Waals surface area (Å²) in [5.74, 6) is 0.491. The first kappa shape index (κ1) is 13.6. The molecule has 0 bridgehead atoms. The minimum Gasteiger partial charge on any atom is -0.300 e. The lowest BCUT2D eigenvalue weighted by molar-refractivity contribution is -0.115. The van der Waals surface area contributed by atoms with Crippen LogP contribution in [0.3, 0.4) is 0 Å². The number of halogens is 1. The van der Waals surface area contributed by atoms with Gasteiger partial charge < -0.3 is 0 Å². The third-order valence-electron chi connectivity index (χ3n) is 1.92. The molecule has 0 unspecified atom stereocenters. The van der Waals surface area contributed by atoms with E-state index in [0.717, 1.165) is 17.8 Å². The number of hydrogen-bond donors (Lipinski definition) is 1. The van der Waals surface area contributed by atoms with E-state index in [1.807, 2.05) is 6.92 Å². The highest BCUT2D eigenvalue weighted by Gasteiger charge is 2.14. The van der Waals surface area contributed by atoms with Gasteiger partial charge in [0.2, 0.25) is 11.0 Å². The molecule has 16 heavy (non-hydrogen) atoms. The summed E-state index contributed by atoms with van der Waals surface area (Å²) >= 11 is 4.73. The quantitative estimate of drug-likeness (QED) is 0.851. The fourth-order valence-corrected chi connectivity index (χ4v) is 2.17. The molecule has 1 N–H and O–H groups in total. The second-order valence-corrected chi connectivity index (χ2v) is 6.13. The fraction of sp³-hybridized carbons (Fsp3) is 0.700. The monoisotopic (exact) mass is 305 g/mol. The molecule has 90 valence electrons. The summed E-state index contributed by atoms with van der Waals surface area (Å²) in [6, 6.07) is 0. The van der Waals surface area contributed by atoms with Crippen LogP contribution in [-0.4, -0.2) is 20.9 Å². The van der Waals surface area contributed by atoms with Gasteiger partial charge in [0, 0.05) is 6.42 Å². The minimum absolute atomic E-state index is 0.0604. The van der Waals surface area contributed by atoms with Crippen LogP contribution in [-0.2, 0) is 11.2 Å². The number of nitrogens with zero attached hydrogens (tertiary/aromatic N) is 2. The smallest absolute Gasteiger partial charge is 0.239 e. The van der Waals surface area contributed by atoms with Gasteiger partial charge in [-0.05, 0) is 12.3 Å². The molecule has 0 fully saturated rings. The highest BCUT2D eigenvalue weighted by Crippen LogP contribution is 2.19. The van der Waals surface area contributed by atoms with Gasteiger partial charge in [-0.3, -0.25) is 10.1 Å². The number of hydrogen-bond acceptors (Lipinski definition) is 4. The van der Waals surface area contributed by atoms with Crippen LogP contribution < -0.4 is 5.32 Å². The van der Waals surface area contributed by atoms with Crippen LogP contribution in [0.5, 0.6) is 0 Å². The van der Waals surface area contributed by atoms with Crippen LogP contribution in [0.15, 0.2) is 0 Å². The van der Waals surface area contributed by atoms with Crippen LogP contribution >= 0.6 is 27.3 Å². The molecule has 0 spiro atoms. The Hall–Kier alpha value is -0.490. The van der Waals surface area contributed by atoms with E-state index in [4.69, 9.17) is 0 Å². The Bertz CT molecular complexity index is 354. The molecule has 1 rings (SSSR count). The molecular weight excluding hydrogens is 290 g/mol. The molecule has 0 saturated heterocycles. The molecule has 0 aliphatic heterocycles. The van der Waals surface area contributed by atoms with Crippen molar-refractivity contribution in [1.29, 1.82) is 0 Å².